The molecular formula is C23H29NO3. The summed E-state index contributed by atoms with van der Waals surface area (Å²) in [5.41, 5.74) is 2.18. The van der Waals surface area contributed by atoms with Crippen LogP contribution in [-0.2, 0) is 0 Å². The number of phenolic OH excluding ortho intramolecular Hbond substituents is 1. The first-order valence-electron chi connectivity index (χ1n) is 10.0. The van der Waals surface area contributed by atoms with Gasteiger partial charge in [-0.1, -0.05) is 32.0 Å². The maximum Gasteiger partial charge on any atom is 0.127 e. The summed E-state index contributed by atoms with van der Waals surface area (Å²) in [6.45, 7) is 6.95. The van der Waals surface area contributed by atoms with Crippen LogP contribution in [0.2, 0.25) is 0 Å². The highest BCUT2D eigenvalue weighted by molar-refractivity contribution is 5.49. The van der Waals surface area contributed by atoms with Gasteiger partial charge < -0.3 is 19.9 Å². The fourth-order valence-electron chi connectivity index (χ4n) is 4.23. The third kappa shape index (κ3) is 3.91. The highest BCUT2D eigenvalue weighted by Gasteiger charge is 2.42. The summed E-state index contributed by atoms with van der Waals surface area (Å²) in [7, 11) is 0. The molecule has 0 amide bonds. The second kappa shape index (κ2) is 7.43. The van der Waals surface area contributed by atoms with E-state index in [1.807, 2.05) is 18.2 Å². The zero-order valence-electron chi connectivity index (χ0n) is 16.2. The van der Waals surface area contributed by atoms with Crippen molar-refractivity contribution in [2.75, 3.05) is 19.7 Å². The Balaban J connectivity index is 1.71. The van der Waals surface area contributed by atoms with Crippen LogP contribution in [0.4, 0.5) is 0 Å². The summed E-state index contributed by atoms with van der Waals surface area (Å²) < 4.78 is 12.5. The molecule has 1 fully saturated rings. The van der Waals surface area contributed by atoms with Crippen LogP contribution in [0.5, 0.6) is 17.2 Å². The minimum Gasteiger partial charge on any atom is -0.508 e. The lowest BCUT2D eigenvalue weighted by Gasteiger charge is -2.45. The topological polar surface area (TPSA) is 50.7 Å². The van der Waals surface area contributed by atoms with Gasteiger partial charge in [0.15, 0.2) is 0 Å². The smallest absolute Gasteiger partial charge is 0.127 e. The van der Waals surface area contributed by atoms with Crippen LogP contribution < -0.4 is 14.8 Å². The van der Waals surface area contributed by atoms with Crippen molar-refractivity contribution in [3.8, 4) is 17.2 Å². The number of fused-ring (bicyclic) bond motifs is 1. The zero-order chi connectivity index (χ0) is 18.9. The van der Waals surface area contributed by atoms with Gasteiger partial charge in [0.2, 0.25) is 0 Å². The number of piperidine rings is 1. The second-order valence-electron chi connectivity index (χ2n) is 8.29. The van der Waals surface area contributed by atoms with Crippen molar-refractivity contribution >= 4 is 0 Å². The van der Waals surface area contributed by atoms with Crippen LogP contribution in [0.25, 0.3) is 0 Å². The van der Waals surface area contributed by atoms with Gasteiger partial charge in [-0.3, -0.25) is 0 Å². The standard InChI is InChI=1S/C23H29NO3/c1-16(2)15-26-19-6-7-20-21(17-4-3-5-18(25)12-17)14-23(27-22(20)13-19)8-10-24-11-9-23/h3-7,12-13,16,21,24-25H,8-11,14-15H2,1-2H3. The molecule has 1 saturated heterocycles. The molecular weight excluding hydrogens is 338 g/mol. The molecule has 0 saturated carbocycles. The molecule has 27 heavy (non-hydrogen) atoms. The van der Waals surface area contributed by atoms with Crippen molar-refractivity contribution in [1.82, 2.24) is 5.32 Å². The second-order valence-corrected chi connectivity index (χ2v) is 8.29. The molecule has 1 unspecified atom stereocenters. The Bertz CT molecular complexity index is 796. The molecule has 2 aromatic rings. The van der Waals surface area contributed by atoms with E-state index >= 15 is 0 Å². The van der Waals surface area contributed by atoms with E-state index in [1.54, 1.807) is 6.07 Å². The number of benzene rings is 2. The SMILES string of the molecule is CC(C)COc1ccc2c(c1)OC1(CCNCC1)CC2c1cccc(O)c1. The third-order valence-electron chi connectivity index (χ3n) is 5.63. The molecule has 0 bridgehead atoms. The first kappa shape index (κ1) is 18.2. The average molecular weight is 367 g/mol. The molecule has 2 N–H and O–H groups in total. The van der Waals surface area contributed by atoms with E-state index in [0.29, 0.717) is 18.3 Å². The maximum atomic E-state index is 10.00. The number of nitrogens with one attached hydrogen (secondary N) is 1. The number of phenols is 1. The van der Waals surface area contributed by atoms with Crippen LogP contribution in [-0.4, -0.2) is 30.4 Å². The summed E-state index contributed by atoms with van der Waals surface area (Å²) in [4.78, 5) is 0. The number of hydrogen-bond acceptors (Lipinski definition) is 4. The van der Waals surface area contributed by atoms with E-state index in [-0.39, 0.29) is 11.5 Å². The number of aromatic hydroxyl groups is 1. The molecule has 0 radical (unpaired) electrons. The van der Waals surface area contributed by atoms with Crippen molar-refractivity contribution in [1.29, 1.82) is 0 Å². The Hall–Kier alpha value is -2.20. The summed E-state index contributed by atoms with van der Waals surface area (Å²) in [6.07, 6.45) is 2.94. The largest absolute Gasteiger partial charge is 0.508 e. The van der Waals surface area contributed by atoms with Gasteiger partial charge in [0.05, 0.1) is 6.61 Å². The maximum absolute atomic E-state index is 10.00. The Morgan fingerprint density at radius 2 is 2.00 bits per heavy atom. The summed E-state index contributed by atoms with van der Waals surface area (Å²) in [5.74, 6) is 2.81. The molecule has 4 nitrogen and oxygen atoms in total. The summed E-state index contributed by atoms with van der Waals surface area (Å²) >= 11 is 0. The molecule has 4 heteroatoms. The lowest BCUT2D eigenvalue weighted by Crippen LogP contribution is -2.49. The normalized spacial score (nSPS) is 20.9. The molecule has 1 spiro atoms. The van der Waals surface area contributed by atoms with Gasteiger partial charge in [-0.15, -0.1) is 0 Å². The first-order valence-corrected chi connectivity index (χ1v) is 10.0. The molecule has 2 aliphatic heterocycles. The van der Waals surface area contributed by atoms with E-state index < -0.39 is 0 Å². The van der Waals surface area contributed by atoms with Crippen LogP contribution in [0.1, 0.15) is 50.2 Å². The molecule has 1 atom stereocenters. The monoisotopic (exact) mass is 367 g/mol. The Morgan fingerprint density at radius 1 is 1.19 bits per heavy atom. The predicted octanol–water partition coefficient (Wildman–Crippen LogP) is 4.46. The van der Waals surface area contributed by atoms with Gasteiger partial charge in [0.25, 0.3) is 0 Å². The van der Waals surface area contributed by atoms with Crippen molar-refractivity contribution in [3.63, 3.8) is 0 Å². The molecule has 4 rings (SSSR count). The highest BCUT2D eigenvalue weighted by Crippen LogP contribution is 2.48. The Kier molecular flexibility index (Phi) is 5.00. The van der Waals surface area contributed by atoms with Crippen LogP contribution in [0.3, 0.4) is 0 Å². The van der Waals surface area contributed by atoms with E-state index in [2.05, 4.69) is 37.4 Å². The van der Waals surface area contributed by atoms with Crippen molar-refractivity contribution < 1.29 is 14.6 Å². The van der Waals surface area contributed by atoms with E-state index in [0.717, 1.165) is 49.4 Å². The van der Waals surface area contributed by atoms with Gasteiger partial charge in [0, 0.05) is 17.5 Å². The molecule has 0 aromatic heterocycles. The minimum absolute atomic E-state index is 0.148. The fraction of sp³-hybridized carbons (Fsp3) is 0.478. The van der Waals surface area contributed by atoms with Crippen molar-refractivity contribution in [2.24, 2.45) is 5.92 Å². The van der Waals surface area contributed by atoms with Gasteiger partial charge in [-0.25, -0.2) is 0 Å². The molecule has 2 heterocycles. The molecule has 2 aliphatic rings. The Labute approximate surface area is 161 Å². The van der Waals surface area contributed by atoms with Crippen LogP contribution in [0, 0.1) is 5.92 Å². The van der Waals surface area contributed by atoms with E-state index in [9.17, 15) is 5.11 Å². The number of rotatable bonds is 4. The number of ether oxygens (including phenoxy) is 2. The molecule has 2 aromatic carbocycles. The van der Waals surface area contributed by atoms with Gasteiger partial charge in [-0.05, 0) is 62.0 Å². The molecule has 144 valence electrons. The average Bonchev–Trinajstić information content (AvgIpc) is 2.66. The van der Waals surface area contributed by atoms with Crippen molar-refractivity contribution in [2.45, 2.75) is 44.6 Å². The third-order valence-corrected chi connectivity index (χ3v) is 5.63. The summed E-state index contributed by atoms with van der Waals surface area (Å²) in [6, 6.07) is 13.9. The van der Waals surface area contributed by atoms with Gasteiger partial charge in [-0.2, -0.15) is 0 Å². The van der Waals surface area contributed by atoms with Crippen LogP contribution in [0.15, 0.2) is 42.5 Å². The summed E-state index contributed by atoms with van der Waals surface area (Å²) in [5, 5.41) is 13.4. The zero-order valence-corrected chi connectivity index (χ0v) is 16.2. The van der Waals surface area contributed by atoms with Crippen molar-refractivity contribution in [3.05, 3.63) is 53.6 Å². The quantitative estimate of drug-likeness (QED) is 0.837. The first-order chi connectivity index (χ1) is 13.0. The number of hydrogen-bond donors (Lipinski definition) is 2. The van der Waals surface area contributed by atoms with Gasteiger partial charge >= 0.3 is 0 Å². The van der Waals surface area contributed by atoms with Crippen LogP contribution >= 0.6 is 0 Å². The predicted molar refractivity (Wildman–Crippen MR) is 107 cm³/mol. The minimum atomic E-state index is -0.148. The molecule has 0 aliphatic carbocycles. The van der Waals surface area contributed by atoms with Gasteiger partial charge in [0.1, 0.15) is 22.8 Å². The Morgan fingerprint density at radius 3 is 2.74 bits per heavy atom. The fourth-order valence-corrected chi connectivity index (χ4v) is 4.23. The van der Waals surface area contributed by atoms with E-state index in [1.165, 1.54) is 5.56 Å². The van der Waals surface area contributed by atoms with E-state index in [4.69, 9.17) is 9.47 Å². The highest BCUT2D eigenvalue weighted by atomic mass is 16.5. The lowest BCUT2D eigenvalue weighted by atomic mass is 9.75. The lowest BCUT2D eigenvalue weighted by molar-refractivity contribution is 0.0111.